The van der Waals surface area contributed by atoms with Gasteiger partial charge in [-0.3, -0.25) is 4.79 Å². The Bertz CT molecular complexity index is 856. The molecule has 0 bridgehead atoms. The molecule has 1 aromatic carbocycles. The van der Waals surface area contributed by atoms with E-state index in [1.54, 1.807) is 6.92 Å². The Morgan fingerprint density at radius 1 is 1.15 bits per heavy atom. The van der Waals surface area contributed by atoms with Crippen LogP contribution in [0.1, 0.15) is 43.7 Å². The van der Waals surface area contributed by atoms with Crippen LogP contribution in [0.2, 0.25) is 0 Å². The van der Waals surface area contributed by atoms with Crippen LogP contribution in [0.15, 0.2) is 39.8 Å². The van der Waals surface area contributed by atoms with Gasteiger partial charge in [0.2, 0.25) is 15.9 Å². The molecule has 8 heteroatoms. The molecule has 0 saturated heterocycles. The molecule has 1 heterocycles. The van der Waals surface area contributed by atoms with Gasteiger partial charge in [-0.05, 0) is 32.3 Å². The first-order valence-corrected chi connectivity index (χ1v) is 10.4. The van der Waals surface area contributed by atoms with E-state index < -0.39 is 16.1 Å². The lowest BCUT2D eigenvalue weighted by molar-refractivity contribution is -0.122. The summed E-state index contributed by atoms with van der Waals surface area (Å²) in [4.78, 5) is 12.4. The van der Waals surface area contributed by atoms with E-state index >= 15 is 0 Å². The van der Waals surface area contributed by atoms with Gasteiger partial charge >= 0.3 is 0 Å². The minimum atomic E-state index is -3.90. The number of amides is 1. The summed E-state index contributed by atoms with van der Waals surface area (Å²) in [5.74, 6) is 0.270. The van der Waals surface area contributed by atoms with Gasteiger partial charge < -0.3 is 9.84 Å². The smallest absolute Gasteiger partial charge is 0.246 e. The largest absolute Gasteiger partial charge is 0.360 e. The summed E-state index contributed by atoms with van der Waals surface area (Å²) in [6.07, 6.45) is 0. The summed E-state index contributed by atoms with van der Waals surface area (Å²) in [6, 6.07) is 9.01. The number of sulfonamides is 1. The van der Waals surface area contributed by atoms with E-state index in [0.717, 1.165) is 5.56 Å². The van der Waals surface area contributed by atoms with Gasteiger partial charge in [-0.25, -0.2) is 8.42 Å². The molecule has 1 unspecified atom stereocenters. The zero-order valence-corrected chi connectivity index (χ0v) is 17.1. The van der Waals surface area contributed by atoms with E-state index in [0.29, 0.717) is 12.5 Å². The monoisotopic (exact) mass is 393 g/mol. The second-order valence-corrected chi connectivity index (χ2v) is 8.65. The number of carbonyl (C=O) groups is 1. The lowest BCUT2D eigenvalue weighted by Gasteiger charge is -2.23. The first kappa shape index (κ1) is 21.1. The lowest BCUT2D eigenvalue weighted by atomic mass is 9.88. The first-order valence-electron chi connectivity index (χ1n) is 8.91. The second-order valence-electron chi connectivity index (χ2n) is 7.00. The van der Waals surface area contributed by atoms with Crippen molar-refractivity contribution in [3.63, 3.8) is 0 Å². The summed E-state index contributed by atoms with van der Waals surface area (Å²) in [5.41, 5.74) is 1.40. The molecule has 2 rings (SSSR count). The van der Waals surface area contributed by atoms with Gasteiger partial charge in [-0.2, -0.15) is 4.72 Å². The van der Waals surface area contributed by atoms with E-state index in [4.69, 9.17) is 4.52 Å². The van der Waals surface area contributed by atoms with Gasteiger partial charge in [0.1, 0.15) is 10.6 Å². The second kappa shape index (κ2) is 8.67. The molecular formula is C19H27N3O4S. The molecule has 2 aromatic rings. The molecule has 0 fully saturated rings. The van der Waals surface area contributed by atoms with Crippen molar-refractivity contribution in [2.24, 2.45) is 5.92 Å². The summed E-state index contributed by atoms with van der Waals surface area (Å²) in [7, 11) is -3.90. The van der Waals surface area contributed by atoms with Gasteiger partial charge in [0, 0.05) is 12.5 Å². The number of nitrogens with zero attached hydrogens (tertiary/aromatic N) is 1. The fraction of sp³-hybridized carbons (Fsp3) is 0.474. The van der Waals surface area contributed by atoms with Crippen molar-refractivity contribution in [2.75, 3.05) is 6.54 Å². The predicted molar refractivity (Wildman–Crippen MR) is 103 cm³/mol. The van der Waals surface area contributed by atoms with Crippen molar-refractivity contribution >= 4 is 15.9 Å². The molecule has 27 heavy (non-hydrogen) atoms. The first-order chi connectivity index (χ1) is 12.6. The number of aromatic nitrogens is 1. The van der Waals surface area contributed by atoms with Crippen LogP contribution in [0.25, 0.3) is 0 Å². The van der Waals surface area contributed by atoms with Gasteiger partial charge in [-0.15, -0.1) is 0 Å². The third-order valence-corrected chi connectivity index (χ3v) is 6.27. The van der Waals surface area contributed by atoms with E-state index in [1.165, 1.54) is 13.8 Å². The standard InChI is InChI=1S/C19H27N3O4S/c1-12(2)17(16-9-7-6-8-10-16)11-20-19(23)14(4)22-27(24,25)18-13(3)21-26-15(18)5/h6-10,12,14,17,22H,11H2,1-5H3,(H,20,23)/t14-,17?/m0/s1. The fourth-order valence-electron chi connectivity index (χ4n) is 3.01. The van der Waals surface area contributed by atoms with Crippen molar-refractivity contribution in [1.82, 2.24) is 15.2 Å². The molecule has 1 amide bonds. The Morgan fingerprint density at radius 2 is 1.78 bits per heavy atom. The van der Waals surface area contributed by atoms with Gasteiger partial charge in [0.05, 0.1) is 6.04 Å². The molecule has 0 saturated carbocycles. The fourth-order valence-corrected chi connectivity index (χ4v) is 4.54. The highest BCUT2D eigenvalue weighted by Gasteiger charge is 2.28. The average Bonchev–Trinajstić information content (AvgIpc) is 2.94. The number of rotatable bonds is 8. The number of benzene rings is 1. The van der Waals surface area contributed by atoms with E-state index in [2.05, 4.69) is 29.0 Å². The Kier molecular flexibility index (Phi) is 6.78. The molecule has 0 aliphatic rings. The van der Waals surface area contributed by atoms with Crippen LogP contribution in [0.3, 0.4) is 0 Å². The molecular weight excluding hydrogens is 366 g/mol. The molecule has 2 atom stereocenters. The van der Waals surface area contributed by atoms with Gasteiger partial charge in [0.15, 0.2) is 5.76 Å². The molecule has 7 nitrogen and oxygen atoms in total. The zero-order valence-electron chi connectivity index (χ0n) is 16.3. The average molecular weight is 394 g/mol. The molecule has 0 aliphatic carbocycles. The number of nitrogens with one attached hydrogen (secondary N) is 2. The Labute approximate surface area is 160 Å². The van der Waals surface area contributed by atoms with Crippen molar-refractivity contribution < 1.29 is 17.7 Å². The molecule has 2 N–H and O–H groups in total. The Hall–Kier alpha value is -2.19. The minimum Gasteiger partial charge on any atom is -0.360 e. The molecule has 148 valence electrons. The van der Waals surface area contributed by atoms with E-state index in [1.807, 2.05) is 30.3 Å². The highest BCUT2D eigenvalue weighted by Crippen LogP contribution is 2.23. The quantitative estimate of drug-likeness (QED) is 0.718. The number of hydrogen-bond acceptors (Lipinski definition) is 5. The number of hydrogen-bond donors (Lipinski definition) is 2. The maximum absolute atomic E-state index is 12.5. The van der Waals surface area contributed by atoms with E-state index in [-0.39, 0.29) is 28.2 Å². The van der Waals surface area contributed by atoms with Crippen LogP contribution in [-0.2, 0) is 14.8 Å². The molecule has 0 aliphatic heterocycles. The lowest BCUT2D eigenvalue weighted by Crippen LogP contribution is -2.46. The summed E-state index contributed by atoms with van der Waals surface area (Å²) in [6.45, 7) is 9.19. The molecule has 1 aromatic heterocycles. The SMILES string of the molecule is Cc1noc(C)c1S(=O)(=O)N[C@@H](C)C(=O)NCC(c1ccccc1)C(C)C. The van der Waals surface area contributed by atoms with Crippen molar-refractivity contribution in [2.45, 2.75) is 51.5 Å². The summed E-state index contributed by atoms with van der Waals surface area (Å²) < 4.78 is 32.4. The number of carbonyl (C=O) groups excluding carboxylic acids is 1. The molecule has 0 spiro atoms. The third kappa shape index (κ3) is 5.17. The maximum atomic E-state index is 12.5. The zero-order chi connectivity index (χ0) is 20.2. The van der Waals surface area contributed by atoms with Crippen molar-refractivity contribution in [3.8, 4) is 0 Å². The minimum absolute atomic E-state index is 0.0218. The van der Waals surface area contributed by atoms with Crippen LogP contribution in [-0.4, -0.2) is 32.1 Å². The van der Waals surface area contributed by atoms with Crippen LogP contribution in [0.4, 0.5) is 0 Å². The molecule has 0 radical (unpaired) electrons. The Morgan fingerprint density at radius 3 is 2.30 bits per heavy atom. The van der Waals surface area contributed by atoms with Crippen molar-refractivity contribution in [1.29, 1.82) is 0 Å². The van der Waals surface area contributed by atoms with Crippen LogP contribution in [0.5, 0.6) is 0 Å². The summed E-state index contributed by atoms with van der Waals surface area (Å²) >= 11 is 0. The van der Waals surface area contributed by atoms with Gasteiger partial charge in [0.25, 0.3) is 0 Å². The Balaban J connectivity index is 2.03. The topological polar surface area (TPSA) is 101 Å². The van der Waals surface area contributed by atoms with Crippen LogP contribution >= 0.6 is 0 Å². The van der Waals surface area contributed by atoms with Crippen LogP contribution < -0.4 is 10.0 Å². The van der Waals surface area contributed by atoms with E-state index in [9.17, 15) is 13.2 Å². The summed E-state index contributed by atoms with van der Waals surface area (Å²) in [5, 5.41) is 6.51. The predicted octanol–water partition coefficient (Wildman–Crippen LogP) is 2.51. The highest BCUT2D eigenvalue weighted by molar-refractivity contribution is 7.89. The maximum Gasteiger partial charge on any atom is 0.246 e. The van der Waals surface area contributed by atoms with Gasteiger partial charge in [-0.1, -0.05) is 49.3 Å². The van der Waals surface area contributed by atoms with Crippen LogP contribution in [0, 0.1) is 19.8 Å². The van der Waals surface area contributed by atoms with Crippen molar-refractivity contribution in [3.05, 3.63) is 47.3 Å². The third-order valence-electron chi connectivity index (χ3n) is 4.49. The highest BCUT2D eigenvalue weighted by atomic mass is 32.2. The normalized spacial score (nSPS) is 14.1. The number of aryl methyl sites for hydroxylation is 2.